The summed E-state index contributed by atoms with van der Waals surface area (Å²) >= 11 is 0. The fraction of sp³-hybridized carbons (Fsp3) is 0.625. The van der Waals surface area contributed by atoms with Crippen LogP contribution in [-0.4, -0.2) is 31.8 Å². The first-order chi connectivity index (χ1) is 13.2. The van der Waals surface area contributed by atoms with Crippen molar-refractivity contribution in [3.05, 3.63) is 47.5 Å². The molecule has 1 aromatic rings. The third-order valence-corrected chi connectivity index (χ3v) is 12.2. The van der Waals surface area contributed by atoms with Crippen LogP contribution in [0.1, 0.15) is 57.2 Å². The van der Waals surface area contributed by atoms with Gasteiger partial charge >= 0.3 is 0 Å². The van der Waals surface area contributed by atoms with Crippen LogP contribution in [0, 0.1) is 11.8 Å². The Kier molecular flexibility index (Phi) is 5.07. The van der Waals surface area contributed by atoms with E-state index in [4.69, 9.17) is 4.43 Å². The lowest BCUT2D eigenvalue weighted by Gasteiger charge is -2.51. The van der Waals surface area contributed by atoms with Crippen LogP contribution in [0.3, 0.4) is 0 Å². The summed E-state index contributed by atoms with van der Waals surface area (Å²) in [6.07, 6.45) is 8.59. The Hall–Kier alpha value is -1.39. The van der Waals surface area contributed by atoms with Gasteiger partial charge in [0.2, 0.25) is 5.91 Å². The molecule has 1 unspecified atom stereocenters. The van der Waals surface area contributed by atoms with Crippen LogP contribution in [0.25, 0.3) is 0 Å². The van der Waals surface area contributed by atoms with Crippen molar-refractivity contribution in [1.82, 2.24) is 4.90 Å². The van der Waals surface area contributed by atoms with Gasteiger partial charge in [-0.25, -0.2) is 0 Å². The molecule has 2 aliphatic heterocycles. The minimum atomic E-state index is -1.84. The van der Waals surface area contributed by atoms with Crippen LogP contribution in [0.15, 0.2) is 36.4 Å². The molecule has 0 aromatic heterocycles. The monoisotopic (exact) mass is 397 g/mol. The molecule has 152 valence electrons. The maximum atomic E-state index is 13.6. The molecule has 0 bridgehead atoms. The number of hydrogen-bond donors (Lipinski definition) is 0. The molecule has 1 aliphatic carbocycles. The number of carbonyl (C=O) groups excluding carboxylic acids is 1. The Balaban J connectivity index is 1.64. The Bertz CT molecular complexity index is 779. The summed E-state index contributed by atoms with van der Waals surface area (Å²) in [5.41, 5.74) is 2.76. The summed E-state index contributed by atoms with van der Waals surface area (Å²) < 4.78 is 6.61. The summed E-state index contributed by atoms with van der Waals surface area (Å²) in [6, 6.07) is 9.10. The van der Waals surface area contributed by atoms with E-state index in [1.165, 1.54) is 11.1 Å². The van der Waals surface area contributed by atoms with Gasteiger partial charge in [0.25, 0.3) is 0 Å². The van der Waals surface area contributed by atoms with Crippen LogP contribution in [0.2, 0.25) is 18.1 Å². The lowest BCUT2D eigenvalue weighted by atomic mass is 9.71. The minimum Gasteiger partial charge on any atom is -0.415 e. The molecular weight excluding hydrogens is 362 g/mol. The van der Waals surface area contributed by atoms with E-state index in [1.54, 1.807) is 0 Å². The number of benzene rings is 1. The first kappa shape index (κ1) is 19.9. The maximum Gasteiger partial charge on any atom is 0.227 e. The molecule has 0 saturated carbocycles. The number of allylic oxidation sites excluding steroid dienone is 2. The number of piperidine rings is 1. The number of amides is 1. The highest BCUT2D eigenvalue weighted by atomic mass is 28.4. The second kappa shape index (κ2) is 7.14. The Morgan fingerprint density at radius 3 is 2.71 bits per heavy atom. The van der Waals surface area contributed by atoms with Gasteiger partial charge in [-0.05, 0) is 60.9 Å². The van der Waals surface area contributed by atoms with Gasteiger partial charge < -0.3 is 9.33 Å². The van der Waals surface area contributed by atoms with Crippen molar-refractivity contribution in [3.8, 4) is 0 Å². The summed E-state index contributed by atoms with van der Waals surface area (Å²) in [5, 5.41) is 0.185. The minimum absolute atomic E-state index is 0.161. The molecule has 28 heavy (non-hydrogen) atoms. The third-order valence-electron chi connectivity index (χ3n) is 7.65. The van der Waals surface area contributed by atoms with Gasteiger partial charge in [-0.15, -0.1) is 0 Å². The second-order valence-electron chi connectivity index (χ2n) is 10.4. The summed E-state index contributed by atoms with van der Waals surface area (Å²) in [7, 11) is -1.84. The van der Waals surface area contributed by atoms with Crippen molar-refractivity contribution in [1.29, 1.82) is 0 Å². The van der Waals surface area contributed by atoms with Gasteiger partial charge in [-0.3, -0.25) is 4.79 Å². The second-order valence-corrected chi connectivity index (χ2v) is 15.2. The van der Waals surface area contributed by atoms with Crippen LogP contribution in [-0.2, 0) is 15.6 Å². The molecule has 4 heteroatoms. The van der Waals surface area contributed by atoms with Gasteiger partial charge in [0, 0.05) is 5.92 Å². The van der Waals surface area contributed by atoms with Crippen molar-refractivity contribution in [2.45, 2.75) is 76.7 Å². The number of rotatable bonds is 3. The molecule has 1 saturated heterocycles. The standard InChI is InChI=1S/C24H35NO2Si/c1-24(2,3)28(4,5)27-16-19-14-17-10-6-8-12-20(17)22-15-18-11-7-9-13-21(18)23(26)25(19)22/h6-8,10-12,18-19,21-22H,9,13-16H2,1-5H3/t18-,19?,21-,22-/m1/s1. The number of fused-ring (bicyclic) bond motifs is 4. The zero-order chi connectivity index (χ0) is 20.1. The van der Waals surface area contributed by atoms with E-state index in [1.807, 2.05) is 0 Å². The fourth-order valence-electron chi connectivity index (χ4n) is 4.93. The average molecular weight is 398 g/mol. The SMILES string of the molecule is CC(C)(C)[Si](C)(C)OCC1Cc2ccccc2[C@H]2C[C@H]3C=CCC[C@H]3C(=O)N12. The molecule has 1 fully saturated rings. The highest BCUT2D eigenvalue weighted by molar-refractivity contribution is 6.74. The normalized spacial score (nSPS) is 29.9. The van der Waals surface area contributed by atoms with Gasteiger partial charge in [0.15, 0.2) is 8.32 Å². The maximum absolute atomic E-state index is 13.6. The predicted octanol–water partition coefficient (Wildman–Crippen LogP) is 5.49. The van der Waals surface area contributed by atoms with Crippen molar-refractivity contribution in [2.75, 3.05) is 6.61 Å². The zero-order valence-corrected chi connectivity index (χ0v) is 19.1. The molecule has 1 aromatic carbocycles. The van der Waals surface area contributed by atoms with Crippen LogP contribution < -0.4 is 0 Å². The first-order valence-corrected chi connectivity index (χ1v) is 13.8. The zero-order valence-electron chi connectivity index (χ0n) is 18.1. The lowest BCUT2D eigenvalue weighted by Crippen LogP contribution is -2.57. The molecular formula is C24H35NO2Si. The van der Waals surface area contributed by atoms with Crippen molar-refractivity contribution < 1.29 is 9.22 Å². The number of nitrogens with zero attached hydrogens (tertiary/aromatic N) is 1. The van der Waals surface area contributed by atoms with E-state index in [9.17, 15) is 4.79 Å². The average Bonchev–Trinajstić information content (AvgIpc) is 2.65. The van der Waals surface area contributed by atoms with Gasteiger partial charge in [-0.1, -0.05) is 57.2 Å². The van der Waals surface area contributed by atoms with Crippen molar-refractivity contribution >= 4 is 14.2 Å². The van der Waals surface area contributed by atoms with E-state index < -0.39 is 8.32 Å². The summed E-state index contributed by atoms with van der Waals surface area (Å²) in [6.45, 7) is 12.1. The highest BCUT2D eigenvalue weighted by Crippen LogP contribution is 2.47. The van der Waals surface area contributed by atoms with Gasteiger partial charge in [0.1, 0.15) is 0 Å². The van der Waals surface area contributed by atoms with Crippen LogP contribution in [0.5, 0.6) is 0 Å². The summed E-state index contributed by atoms with van der Waals surface area (Å²) in [4.78, 5) is 15.8. The first-order valence-electron chi connectivity index (χ1n) is 10.9. The molecule has 4 atom stereocenters. The van der Waals surface area contributed by atoms with E-state index in [0.29, 0.717) is 18.4 Å². The Morgan fingerprint density at radius 2 is 1.96 bits per heavy atom. The van der Waals surface area contributed by atoms with E-state index in [0.717, 1.165) is 25.7 Å². The molecule has 0 radical (unpaired) electrons. The quantitative estimate of drug-likeness (QED) is 0.499. The molecule has 4 rings (SSSR count). The molecule has 1 amide bonds. The van der Waals surface area contributed by atoms with Crippen LogP contribution in [0.4, 0.5) is 0 Å². The van der Waals surface area contributed by atoms with Gasteiger partial charge in [0.05, 0.1) is 18.7 Å². The third kappa shape index (κ3) is 3.39. The Morgan fingerprint density at radius 1 is 1.21 bits per heavy atom. The molecule has 2 heterocycles. The van der Waals surface area contributed by atoms with Crippen LogP contribution >= 0.6 is 0 Å². The molecule has 0 N–H and O–H groups in total. The topological polar surface area (TPSA) is 29.5 Å². The van der Waals surface area contributed by atoms with Crippen molar-refractivity contribution in [2.24, 2.45) is 11.8 Å². The largest absolute Gasteiger partial charge is 0.415 e. The predicted molar refractivity (Wildman–Crippen MR) is 117 cm³/mol. The highest BCUT2D eigenvalue weighted by Gasteiger charge is 2.48. The fourth-order valence-corrected chi connectivity index (χ4v) is 5.97. The number of carbonyl (C=O) groups is 1. The van der Waals surface area contributed by atoms with Gasteiger partial charge in [-0.2, -0.15) is 0 Å². The summed E-state index contributed by atoms with van der Waals surface area (Å²) in [5.74, 6) is 0.932. The van der Waals surface area contributed by atoms with E-state index in [-0.39, 0.29) is 23.0 Å². The number of hydrogen-bond acceptors (Lipinski definition) is 2. The molecule has 0 spiro atoms. The smallest absolute Gasteiger partial charge is 0.227 e. The Labute approximate surface area is 171 Å². The lowest BCUT2D eigenvalue weighted by molar-refractivity contribution is -0.150. The van der Waals surface area contributed by atoms with E-state index >= 15 is 0 Å². The van der Waals surface area contributed by atoms with Crippen molar-refractivity contribution in [3.63, 3.8) is 0 Å². The van der Waals surface area contributed by atoms with E-state index in [2.05, 4.69) is 75.2 Å². The molecule has 3 aliphatic rings. The molecule has 3 nitrogen and oxygen atoms in total.